The summed E-state index contributed by atoms with van der Waals surface area (Å²) in [4.78, 5) is 0. The van der Waals surface area contributed by atoms with Gasteiger partial charge in [0, 0.05) is 5.41 Å². The molecule has 0 bridgehead atoms. The minimum Gasteiger partial charge on any atom is -0.497 e. The van der Waals surface area contributed by atoms with E-state index in [0.29, 0.717) is 5.41 Å². The fourth-order valence-corrected chi connectivity index (χ4v) is 3.97. The first-order chi connectivity index (χ1) is 8.65. The van der Waals surface area contributed by atoms with Gasteiger partial charge in [0.25, 0.3) is 0 Å². The van der Waals surface area contributed by atoms with E-state index in [2.05, 4.69) is 32.0 Å². The smallest absolute Gasteiger partial charge is 0.119 e. The van der Waals surface area contributed by atoms with Gasteiger partial charge in [-0.1, -0.05) is 24.1 Å². The Morgan fingerprint density at radius 3 is 2.78 bits per heavy atom. The first-order valence-electron chi connectivity index (χ1n) is 7.01. The third-order valence-corrected chi connectivity index (χ3v) is 4.96. The number of aryl methyl sites for hydroxylation is 1. The second-order valence-electron chi connectivity index (χ2n) is 5.97. The van der Waals surface area contributed by atoms with E-state index in [4.69, 9.17) is 4.74 Å². The minimum atomic E-state index is 0.294. The van der Waals surface area contributed by atoms with Gasteiger partial charge in [-0.15, -0.1) is 0 Å². The Balaban J connectivity index is 2.14. The molecule has 0 saturated carbocycles. The van der Waals surface area contributed by atoms with Crippen LogP contribution in [0.15, 0.2) is 29.3 Å². The zero-order valence-electron chi connectivity index (χ0n) is 11.7. The number of benzene rings is 1. The number of ether oxygens (including phenoxy) is 1. The zero-order chi connectivity index (χ0) is 12.8. The van der Waals surface area contributed by atoms with Crippen molar-refractivity contribution in [3.8, 4) is 5.75 Å². The van der Waals surface area contributed by atoms with Crippen LogP contribution in [0.2, 0.25) is 0 Å². The van der Waals surface area contributed by atoms with E-state index in [1.807, 2.05) is 0 Å². The van der Waals surface area contributed by atoms with Gasteiger partial charge in [-0.2, -0.15) is 0 Å². The fourth-order valence-electron chi connectivity index (χ4n) is 3.97. The molecule has 0 spiro atoms. The van der Waals surface area contributed by atoms with Gasteiger partial charge in [-0.05, 0) is 62.3 Å². The Hall–Kier alpha value is -1.24. The van der Waals surface area contributed by atoms with Crippen molar-refractivity contribution in [1.29, 1.82) is 0 Å². The van der Waals surface area contributed by atoms with Crippen molar-refractivity contribution in [2.24, 2.45) is 0 Å². The van der Waals surface area contributed by atoms with Crippen LogP contribution in [0.3, 0.4) is 0 Å². The van der Waals surface area contributed by atoms with Crippen molar-refractivity contribution in [3.05, 3.63) is 40.5 Å². The molecule has 1 aromatic carbocycles. The second-order valence-corrected chi connectivity index (χ2v) is 5.97. The van der Waals surface area contributed by atoms with Crippen LogP contribution in [-0.2, 0) is 11.8 Å². The van der Waals surface area contributed by atoms with Crippen LogP contribution in [0.5, 0.6) is 5.75 Å². The van der Waals surface area contributed by atoms with Crippen LogP contribution < -0.4 is 4.74 Å². The average molecular weight is 242 g/mol. The summed E-state index contributed by atoms with van der Waals surface area (Å²) >= 11 is 0. The molecule has 0 radical (unpaired) electrons. The standard InChI is InChI=1S/C17H22O/c1-12-5-4-10-17(2)15(12)8-6-13-11-14(18-3)7-9-16(13)17/h7,9,11H,4-6,8,10H2,1-3H3/t17-/m1/s1. The fraction of sp³-hybridized carbons (Fsp3) is 0.529. The highest BCUT2D eigenvalue weighted by Gasteiger charge is 2.38. The van der Waals surface area contributed by atoms with Crippen molar-refractivity contribution >= 4 is 0 Å². The lowest BCUT2D eigenvalue weighted by atomic mass is 9.61. The SMILES string of the molecule is COc1ccc2c(c1)CCC1=C(C)CCC[C@]12C. The van der Waals surface area contributed by atoms with Gasteiger partial charge < -0.3 is 4.74 Å². The molecule has 96 valence electrons. The minimum absolute atomic E-state index is 0.294. The molecule has 0 heterocycles. The molecule has 1 aromatic rings. The number of methoxy groups -OCH3 is 1. The summed E-state index contributed by atoms with van der Waals surface area (Å²) in [6.45, 7) is 4.77. The molecule has 1 nitrogen and oxygen atoms in total. The lowest BCUT2D eigenvalue weighted by molar-refractivity contribution is 0.404. The van der Waals surface area contributed by atoms with Crippen molar-refractivity contribution in [2.75, 3.05) is 7.11 Å². The van der Waals surface area contributed by atoms with Crippen LogP contribution >= 0.6 is 0 Å². The number of allylic oxidation sites excluding steroid dienone is 2. The molecule has 2 aliphatic rings. The molecule has 0 fully saturated rings. The highest BCUT2D eigenvalue weighted by Crippen LogP contribution is 2.49. The van der Waals surface area contributed by atoms with E-state index < -0.39 is 0 Å². The lowest BCUT2D eigenvalue weighted by Gasteiger charge is -2.43. The van der Waals surface area contributed by atoms with Gasteiger partial charge in [0.1, 0.15) is 5.75 Å². The molecule has 1 heteroatoms. The van der Waals surface area contributed by atoms with E-state index in [0.717, 1.165) is 5.75 Å². The van der Waals surface area contributed by atoms with Crippen LogP contribution in [0, 0.1) is 0 Å². The molecule has 0 unspecified atom stereocenters. The predicted octanol–water partition coefficient (Wildman–Crippen LogP) is 4.40. The summed E-state index contributed by atoms with van der Waals surface area (Å²) in [6, 6.07) is 6.66. The van der Waals surface area contributed by atoms with Crippen LogP contribution in [0.25, 0.3) is 0 Å². The highest BCUT2D eigenvalue weighted by atomic mass is 16.5. The molecule has 2 aliphatic carbocycles. The van der Waals surface area contributed by atoms with Gasteiger partial charge >= 0.3 is 0 Å². The van der Waals surface area contributed by atoms with E-state index in [9.17, 15) is 0 Å². The average Bonchev–Trinajstić information content (AvgIpc) is 2.38. The topological polar surface area (TPSA) is 9.23 Å². The molecule has 18 heavy (non-hydrogen) atoms. The molecule has 0 aliphatic heterocycles. The maximum absolute atomic E-state index is 5.36. The van der Waals surface area contributed by atoms with Crippen LogP contribution in [-0.4, -0.2) is 7.11 Å². The molecule has 0 amide bonds. The number of hydrogen-bond acceptors (Lipinski definition) is 1. The Kier molecular flexibility index (Phi) is 2.73. The third-order valence-electron chi connectivity index (χ3n) is 4.96. The maximum Gasteiger partial charge on any atom is 0.119 e. The third kappa shape index (κ3) is 1.60. The van der Waals surface area contributed by atoms with Crippen LogP contribution in [0.1, 0.15) is 50.7 Å². The van der Waals surface area contributed by atoms with Crippen molar-refractivity contribution in [3.63, 3.8) is 0 Å². The van der Waals surface area contributed by atoms with Gasteiger partial charge in [-0.3, -0.25) is 0 Å². The van der Waals surface area contributed by atoms with Crippen LogP contribution in [0.4, 0.5) is 0 Å². The van der Waals surface area contributed by atoms with Gasteiger partial charge in [0.15, 0.2) is 0 Å². The van der Waals surface area contributed by atoms with E-state index in [-0.39, 0.29) is 0 Å². The summed E-state index contributed by atoms with van der Waals surface area (Å²) in [5.41, 5.74) is 6.69. The summed E-state index contributed by atoms with van der Waals surface area (Å²) in [6.07, 6.45) is 6.35. The molecule has 0 saturated heterocycles. The Morgan fingerprint density at radius 1 is 1.17 bits per heavy atom. The molecular weight excluding hydrogens is 220 g/mol. The number of hydrogen-bond donors (Lipinski definition) is 0. The molecule has 0 aromatic heterocycles. The summed E-state index contributed by atoms with van der Waals surface area (Å²) < 4.78 is 5.36. The maximum atomic E-state index is 5.36. The Labute approximate surface area is 110 Å². The quantitative estimate of drug-likeness (QED) is 0.663. The van der Waals surface area contributed by atoms with E-state index in [1.165, 1.54) is 37.7 Å². The van der Waals surface area contributed by atoms with Crippen molar-refractivity contribution < 1.29 is 4.74 Å². The van der Waals surface area contributed by atoms with Gasteiger partial charge in [0.05, 0.1) is 7.11 Å². The van der Waals surface area contributed by atoms with Crippen molar-refractivity contribution in [1.82, 2.24) is 0 Å². The van der Waals surface area contributed by atoms with Gasteiger partial charge in [0.2, 0.25) is 0 Å². The zero-order valence-corrected chi connectivity index (χ0v) is 11.7. The van der Waals surface area contributed by atoms with E-state index in [1.54, 1.807) is 23.8 Å². The monoisotopic (exact) mass is 242 g/mol. The van der Waals surface area contributed by atoms with Crippen molar-refractivity contribution in [2.45, 2.75) is 51.4 Å². The Morgan fingerprint density at radius 2 is 2.00 bits per heavy atom. The second kappa shape index (κ2) is 4.15. The molecule has 3 rings (SSSR count). The summed E-state index contributed by atoms with van der Waals surface area (Å²) in [7, 11) is 1.75. The first kappa shape index (κ1) is 11.8. The molecule has 1 atom stereocenters. The molecular formula is C17H22O. The predicted molar refractivity (Wildman–Crippen MR) is 75.2 cm³/mol. The Bertz CT molecular complexity index is 512. The first-order valence-corrected chi connectivity index (χ1v) is 7.01. The lowest BCUT2D eigenvalue weighted by Crippen LogP contribution is -2.33. The number of fused-ring (bicyclic) bond motifs is 3. The van der Waals surface area contributed by atoms with E-state index >= 15 is 0 Å². The summed E-state index contributed by atoms with van der Waals surface area (Å²) in [5.74, 6) is 0.998. The normalized spacial score (nSPS) is 26.6. The van der Waals surface area contributed by atoms with Gasteiger partial charge in [-0.25, -0.2) is 0 Å². The highest BCUT2D eigenvalue weighted by molar-refractivity contribution is 5.50. The summed E-state index contributed by atoms with van der Waals surface area (Å²) in [5, 5.41) is 0. The number of rotatable bonds is 1. The largest absolute Gasteiger partial charge is 0.497 e. The molecule has 0 N–H and O–H groups in total.